The summed E-state index contributed by atoms with van der Waals surface area (Å²) in [6, 6.07) is 3.44. The molecule has 0 spiro atoms. The molecule has 0 N–H and O–H groups in total. The summed E-state index contributed by atoms with van der Waals surface area (Å²) < 4.78 is 22.9. The van der Waals surface area contributed by atoms with Gasteiger partial charge in [-0.15, -0.1) is 0 Å². The molecule has 4 heteroatoms. The van der Waals surface area contributed by atoms with Crippen molar-refractivity contribution < 1.29 is 12.8 Å². The second-order valence-corrected chi connectivity index (χ2v) is 6.69. The predicted octanol–water partition coefficient (Wildman–Crippen LogP) is 3.78. The molecule has 0 aromatic carbocycles. The van der Waals surface area contributed by atoms with E-state index in [9.17, 15) is 4.21 Å². The van der Waals surface area contributed by atoms with Gasteiger partial charge in [0.15, 0.2) is 0 Å². The molecule has 1 fully saturated rings. The average Bonchev–Trinajstić information content (AvgIpc) is 2.81. The Morgan fingerprint density at radius 3 is 2.83 bits per heavy atom. The molecule has 4 atom stereocenters. The van der Waals surface area contributed by atoms with Crippen LogP contribution in [-0.2, 0) is 15.3 Å². The lowest BCUT2D eigenvalue weighted by atomic mass is 9.75. The van der Waals surface area contributed by atoms with Crippen LogP contribution < -0.4 is 0 Å². The third-order valence-corrected chi connectivity index (χ3v) is 4.81. The first-order chi connectivity index (χ1) is 8.58. The zero-order valence-corrected chi connectivity index (χ0v) is 12.1. The van der Waals surface area contributed by atoms with Crippen molar-refractivity contribution in [1.82, 2.24) is 0 Å². The second kappa shape index (κ2) is 6.02. The van der Waals surface area contributed by atoms with E-state index in [2.05, 4.69) is 20.8 Å². The van der Waals surface area contributed by atoms with Gasteiger partial charge in [0.05, 0.1) is 12.4 Å². The number of rotatable bonds is 4. The number of furan rings is 1. The van der Waals surface area contributed by atoms with Crippen molar-refractivity contribution in [1.29, 1.82) is 0 Å². The Morgan fingerprint density at radius 1 is 1.44 bits per heavy atom. The fourth-order valence-electron chi connectivity index (χ4n) is 2.74. The van der Waals surface area contributed by atoms with Crippen LogP contribution in [0, 0.1) is 17.8 Å². The fraction of sp³-hybridized carbons (Fsp3) is 0.714. The lowest BCUT2D eigenvalue weighted by Crippen LogP contribution is -2.34. The van der Waals surface area contributed by atoms with Gasteiger partial charge in [0.1, 0.15) is 0 Å². The van der Waals surface area contributed by atoms with Crippen LogP contribution in [0.15, 0.2) is 27.9 Å². The Kier molecular flexibility index (Phi) is 4.62. The predicted molar refractivity (Wildman–Crippen MR) is 71.3 cm³/mol. The van der Waals surface area contributed by atoms with Crippen LogP contribution in [0.2, 0.25) is 0 Å². The van der Waals surface area contributed by atoms with Gasteiger partial charge in [0, 0.05) is 0 Å². The third-order valence-electron chi connectivity index (χ3n) is 3.83. The van der Waals surface area contributed by atoms with Gasteiger partial charge >= 0.3 is 0 Å². The summed E-state index contributed by atoms with van der Waals surface area (Å²) in [4.78, 5) is 0. The van der Waals surface area contributed by atoms with Crippen molar-refractivity contribution in [2.45, 2.75) is 51.2 Å². The van der Waals surface area contributed by atoms with Gasteiger partial charge in [-0.2, -0.15) is 0 Å². The maximum Gasteiger partial charge on any atom is 0.226 e. The molecule has 0 saturated heterocycles. The summed E-state index contributed by atoms with van der Waals surface area (Å²) in [5.41, 5.74) is 0. The van der Waals surface area contributed by atoms with E-state index in [1.165, 1.54) is 19.1 Å². The van der Waals surface area contributed by atoms with Crippen molar-refractivity contribution in [3.63, 3.8) is 0 Å². The van der Waals surface area contributed by atoms with Crippen LogP contribution in [0.4, 0.5) is 0 Å². The molecule has 3 nitrogen and oxygen atoms in total. The molecular formula is C14H22O3S. The van der Waals surface area contributed by atoms with Crippen molar-refractivity contribution >= 4 is 11.1 Å². The highest BCUT2D eigenvalue weighted by Gasteiger charge is 2.33. The molecule has 1 aliphatic rings. The molecule has 0 aliphatic heterocycles. The first-order valence-electron chi connectivity index (χ1n) is 6.70. The topological polar surface area (TPSA) is 39.4 Å². The van der Waals surface area contributed by atoms with Gasteiger partial charge in [-0.3, -0.25) is 4.18 Å². The van der Waals surface area contributed by atoms with Crippen molar-refractivity contribution in [3.8, 4) is 0 Å². The SMILES string of the molecule is CC(C)[C@@H]1CC[C@@H](C)C[C@H]1O[S@](=O)c1ccco1. The Labute approximate surface area is 112 Å². The van der Waals surface area contributed by atoms with E-state index in [-0.39, 0.29) is 6.10 Å². The smallest absolute Gasteiger partial charge is 0.226 e. The van der Waals surface area contributed by atoms with Crippen molar-refractivity contribution in [2.24, 2.45) is 17.8 Å². The minimum Gasteiger partial charge on any atom is -0.453 e. The molecule has 1 heterocycles. The second-order valence-electron chi connectivity index (χ2n) is 5.63. The van der Waals surface area contributed by atoms with E-state index in [1.54, 1.807) is 12.1 Å². The molecule has 18 heavy (non-hydrogen) atoms. The molecule has 0 bridgehead atoms. The van der Waals surface area contributed by atoms with E-state index < -0.39 is 11.1 Å². The van der Waals surface area contributed by atoms with Gasteiger partial charge in [-0.25, -0.2) is 4.21 Å². The van der Waals surface area contributed by atoms with Gasteiger partial charge in [0.2, 0.25) is 16.2 Å². The average molecular weight is 270 g/mol. The third kappa shape index (κ3) is 3.23. The van der Waals surface area contributed by atoms with Crippen molar-refractivity contribution in [2.75, 3.05) is 0 Å². The lowest BCUT2D eigenvalue weighted by molar-refractivity contribution is 0.0554. The van der Waals surface area contributed by atoms with Crippen LogP contribution in [0.3, 0.4) is 0 Å². The minimum atomic E-state index is -1.47. The normalized spacial score (nSPS) is 30.6. The summed E-state index contributed by atoms with van der Waals surface area (Å²) in [6.07, 6.45) is 5.02. The first-order valence-corrected chi connectivity index (χ1v) is 7.77. The van der Waals surface area contributed by atoms with E-state index in [4.69, 9.17) is 8.60 Å². The molecule has 1 saturated carbocycles. The standard InChI is InChI=1S/C14H22O3S/c1-10(2)12-7-6-11(3)9-13(12)17-18(15)14-5-4-8-16-14/h4-5,8,10-13H,6-7,9H2,1-3H3/t11-,12+,13-,18+/m1/s1. The first kappa shape index (κ1) is 13.8. The van der Waals surface area contributed by atoms with Crippen LogP contribution in [-0.4, -0.2) is 10.3 Å². The molecular weight excluding hydrogens is 248 g/mol. The zero-order chi connectivity index (χ0) is 13.1. The van der Waals surface area contributed by atoms with E-state index in [0.717, 1.165) is 6.42 Å². The number of hydrogen-bond acceptors (Lipinski definition) is 3. The van der Waals surface area contributed by atoms with Gasteiger partial charge in [0.25, 0.3) is 0 Å². The van der Waals surface area contributed by atoms with Crippen LogP contribution >= 0.6 is 0 Å². The molecule has 0 unspecified atom stereocenters. The molecule has 1 aliphatic carbocycles. The Balaban J connectivity index is 2.02. The molecule has 0 radical (unpaired) electrons. The summed E-state index contributed by atoms with van der Waals surface area (Å²) in [6.45, 7) is 6.67. The molecule has 0 amide bonds. The van der Waals surface area contributed by atoms with E-state index in [0.29, 0.717) is 22.8 Å². The number of hydrogen-bond donors (Lipinski definition) is 0. The minimum absolute atomic E-state index is 0.0830. The summed E-state index contributed by atoms with van der Waals surface area (Å²) in [7, 11) is 0. The van der Waals surface area contributed by atoms with E-state index in [1.807, 2.05) is 0 Å². The molecule has 1 aromatic heterocycles. The van der Waals surface area contributed by atoms with Gasteiger partial charge in [-0.1, -0.05) is 27.2 Å². The summed E-state index contributed by atoms with van der Waals surface area (Å²) in [5, 5.41) is 0.413. The van der Waals surface area contributed by atoms with Gasteiger partial charge in [-0.05, 0) is 42.7 Å². The Hall–Kier alpha value is -0.610. The highest BCUT2D eigenvalue weighted by Crippen LogP contribution is 2.36. The molecule has 2 rings (SSSR count). The maximum atomic E-state index is 12.0. The van der Waals surface area contributed by atoms with Crippen LogP contribution in [0.25, 0.3) is 0 Å². The highest BCUT2D eigenvalue weighted by molar-refractivity contribution is 7.80. The molecule has 102 valence electrons. The van der Waals surface area contributed by atoms with Crippen LogP contribution in [0.5, 0.6) is 0 Å². The zero-order valence-electron chi connectivity index (χ0n) is 11.3. The molecule has 1 aromatic rings. The fourth-order valence-corrected chi connectivity index (χ4v) is 3.61. The highest BCUT2D eigenvalue weighted by atomic mass is 32.2. The maximum absolute atomic E-state index is 12.0. The van der Waals surface area contributed by atoms with E-state index >= 15 is 0 Å². The van der Waals surface area contributed by atoms with Crippen LogP contribution in [0.1, 0.15) is 40.0 Å². The van der Waals surface area contributed by atoms with Gasteiger partial charge < -0.3 is 4.42 Å². The Bertz CT molecular complexity index is 386. The largest absolute Gasteiger partial charge is 0.453 e. The lowest BCUT2D eigenvalue weighted by Gasteiger charge is -2.36. The summed E-state index contributed by atoms with van der Waals surface area (Å²) in [5.74, 6) is 1.72. The Morgan fingerprint density at radius 2 is 2.22 bits per heavy atom. The monoisotopic (exact) mass is 270 g/mol. The van der Waals surface area contributed by atoms with Crippen molar-refractivity contribution in [3.05, 3.63) is 18.4 Å². The summed E-state index contributed by atoms with van der Waals surface area (Å²) >= 11 is -1.47. The quantitative estimate of drug-likeness (QED) is 0.836.